The molecule has 10 heteroatoms. The highest BCUT2D eigenvalue weighted by Gasteiger charge is 2.26. The predicted molar refractivity (Wildman–Crippen MR) is 100.0 cm³/mol. The third-order valence-corrected chi connectivity index (χ3v) is 4.79. The molecule has 28 heavy (non-hydrogen) atoms. The lowest BCUT2D eigenvalue weighted by Gasteiger charge is -2.05. The van der Waals surface area contributed by atoms with E-state index in [4.69, 9.17) is 0 Å². The molecule has 3 rings (SSSR count). The molecular weight excluding hydrogens is 384 g/mol. The average Bonchev–Trinajstić information content (AvgIpc) is 3.18. The Kier molecular flexibility index (Phi) is 5.19. The minimum absolute atomic E-state index is 0.0918. The van der Waals surface area contributed by atoms with Crippen LogP contribution in [0.1, 0.15) is 21.3 Å². The lowest BCUT2D eigenvalue weighted by atomic mass is 9.99. The molecule has 1 atom stereocenters. The highest BCUT2D eigenvalue weighted by Crippen LogP contribution is 2.30. The lowest BCUT2D eigenvalue weighted by molar-refractivity contribution is -0.385. The van der Waals surface area contributed by atoms with Gasteiger partial charge in [-0.25, -0.2) is 4.98 Å². The van der Waals surface area contributed by atoms with Crippen molar-refractivity contribution in [3.8, 4) is 17.3 Å². The van der Waals surface area contributed by atoms with Gasteiger partial charge in [0.15, 0.2) is 11.7 Å². The van der Waals surface area contributed by atoms with Crippen LogP contribution in [0.2, 0.25) is 0 Å². The van der Waals surface area contributed by atoms with Gasteiger partial charge in [0.1, 0.15) is 5.01 Å². The summed E-state index contributed by atoms with van der Waals surface area (Å²) in [6.07, 6.45) is 0. The number of rotatable bonds is 6. The highest BCUT2D eigenvalue weighted by molar-refractivity contribution is 7.10. The van der Waals surface area contributed by atoms with Gasteiger partial charge in [-0.3, -0.25) is 25.0 Å². The van der Waals surface area contributed by atoms with Gasteiger partial charge in [-0.15, -0.1) is 11.3 Å². The van der Waals surface area contributed by atoms with Crippen molar-refractivity contribution in [2.75, 3.05) is 0 Å². The van der Waals surface area contributed by atoms with E-state index in [1.54, 1.807) is 11.4 Å². The number of nitrogens with zero attached hydrogens (tertiary/aromatic N) is 4. The van der Waals surface area contributed by atoms with Gasteiger partial charge >= 0.3 is 0 Å². The predicted octanol–water partition coefficient (Wildman–Crippen LogP) is 4.12. The molecule has 1 unspecified atom stereocenters. The molecule has 0 bridgehead atoms. The first-order chi connectivity index (χ1) is 13.4. The van der Waals surface area contributed by atoms with E-state index < -0.39 is 21.5 Å². The average molecular weight is 394 g/mol. The maximum Gasteiger partial charge on any atom is 0.270 e. The molecule has 0 aliphatic heterocycles. The molecule has 0 fully saturated rings. The Morgan fingerprint density at radius 1 is 1.07 bits per heavy atom. The summed E-state index contributed by atoms with van der Waals surface area (Å²) < 4.78 is 0. The Morgan fingerprint density at radius 3 is 2.36 bits per heavy atom. The summed E-state index contributed by atoms with van der Waals surface area (Å²) in [7, 11) is 0. The van der Waals surface area contributed by atoms with Crippen LogP contribution in [0, 0.1) is 31.6 Å². The van der Waals surface area contributed by atoms with Crippen LogP contribution in [0.15, 0.2) is 53.9 Å². The normalized spacial score (nSPS) is 11.4. The number of nitro groups is 2. The fraction of sp³-hybridized carbons (Fsp3) is 0.0556. The Balaban J connectivity index is 1.89. The second kappa shape index (κ2) is 7.73. The van der Waals surface area contributed by atoms with Crippen molar-refractivity contribution < 1.29 is 14.6 Å². The summed E-state index contributed by atoms with van der Waals surface area (Å²) in [6.45, 7) is 0. The molecule has 0 spiro atoms. The molecular formula is C18H10N4O5S. The van der Waals surface area contributed by atoms with Crippen molar-refractivity contribution in [1.29, 1.82) is 5.26 Å². The van der Waals surface area contributed by atoms with Crippen molar-refractivity contribution in [3.05, 3.63) is 84.7 Å². The van der Waals surface area contributed by atoms with E-state index in [0.717, 1.165) is 11.3 Å². The summed E-state index contributed by atoms with van der Waals surface area (Å²) in [6, 6.07) is 12.8. The quantitative estimate of drug-likeness (QED) is 0.348. The van der Waals surface area contributed by atoms with Crippen LogP contribution in [-0.4, -0.2) is 20.6 Å². The number of ketones is 1. The minimum atomic E-state index is -1.18. The number of carbonyl (C=O) groups excluding carboxylic acids is 1. The molecule has 0 aliphatic rings. The molecule has 138 valence electrons. The van der Waals surface area contributed by atoms with Crippen LogP contribution < -0.4 is 0 Å². The van der Waals surface area contributed by atoms with Crippen LogP contribution >= 0.6 is 11.3 Å². The third-order valence-electron chi connectivity index (χ3n) is 3.88. The zero-order valence-electron chi connectivity index (χ0n) is 14.0. The van der Waals surface area contributed by atoms with Crippen molar-refractivity contribution in [3.63, 3.8) is 0 Å². The summed E-state index contributed by atoms with van der Waals surface area (Å²) in [5, 5.41) is 32.9. The molecule has 1 aromatic heterocycles. The fourth-order valence-corrected chi connectivity index (χ4v) is 3.34. The van der Waals surface area contributed by atoms with Crippen molar-refractivity contribution >= 4 is 28.5 Å². The molecule has 3 aromatic rings. The molecule has 0 saturated heterocycles. The third kappa shape index (κ3) is 3.74. The number of non-ortho nitro benzene ring substituents is 2. The number of nitriles is 1. The first-order valence-corrected chi connectivity index (χ1v) is 8.67. The summed E-state index contributed by atoms with van der Waals surface area (Å²) in [4.78, 5) is 37.4. The number of thiazole rings is 1. The zero-order chi connectivity index (χ0) is 20.3. The van der Waals surface area contributed by atoms with E-state index >= 15 is 0 Å². The van der Waals surface area contributed by atoms with E-state index in [1.165, 1.54) is 42.5 Å². The number of aromatic nitrogens is 1. The minimum Gasteiger partial charge on any atom is -0.292 e. The number of carbonyl (C=O) groups is 1. The fourth-order valence-electron chi connectivity index (χ4n) is 2.47. The summed E-state index contributed by atoms with van der Waals surface area (Å²) >= 11 is 1.09. The van der Waals surface area contributed by atoms with Gasteiger partial charge in [-0.05, 0) is 12.1 Å². The second-order valence-electron chi connectivity index (χ2n) is 5.61. The van der Waals surface area contributed by atoms with Crippen molar-refractivity contribution in [2.24, 2.45) is 0 Å². The molecule has 0 saturated carbocycles. The number of hydrogen-bond acceptors (Lipinski definition) is 8. The first-order valence-electron chi connectivity index (χ1n) is 7.79. The largest absolute Gasteiger partial charge is 0.292 e. The van der Waals surface area contributed by atoms with E-state index in [-0.39, 0.29) is 21.9 Å². The van der Waals surface area contributed by atoms with Gasteiger partial charge in [-0.1, -0.05) is 12.1 Å². The van der Waals surface area contributed by atoms with Crippen molar-refractivity contribution in [2.45, 2.75) is 5.92 Å². The summed E-state index contributed by atoms with van der Waals surface area (Å²) in [5.74, 6) is -1.71. The molecule has 1 heterocycles. The maximum absolute atomic E-state index is 12.6. The lowest BCUT2D eigenvalue weighted by Crippen LogP contribution is -2.11. The number of benzene rings is 2. The smallest absolute Gasteiger partial charge is 0.270 e. The van der Waals surface area contributed by atoms with Crippen LogP contribution in [0.25, 0.3) is 11.3 Å². The molecule has 0 amide bonds. The van der Waals surface area contributed by atoms with Crippen LogP contribution in [0.4, 0.5) is 11.4 Å². The number of hydrogen-bond donors (Lipinski definition) is 0. The monoisotopic (exact) mass is 394 g/mol. The SMILES string of the molecule is N#CC(C(=O)c1ccc([N+](=O)[O-])cc1)c1nc(-c2cccc([N+](=O)[O-])c2)cs1. The molecule has 0 aliphatic carbocycles. The topological polar surface area (TPSA) is 140 Å². The second-order valence-corrected chi connectivity index (χ2v) is 6.50. The number of nitro benzene ring substituents is 2. The highest BCUT2D eigenvalue weighted by atomic mass is 32.1. The van der Waals surface area contributed by atoms with E-state index in [0.29, 0.717) is 11.3 Å². The Bertz CT molecular complexity index is 1120. The van der Waals surface area contributed by atoms with Crippen LogP contribution in [0.3, 0.4) is 0 Å². The van der Waals surface area contributed by atoms with E-state index in [2.05, 4.69) is 4.98 Å². The van der Waals surface area contributed by atoms with Crippen molar-refractivity contribution in [1.82, 2.24) is 4.98 Å². The van der Waals surface area contributed by atoms with Gasteiger partial charge in [0.05, 0.1) is 21.6 Å². The van der Waals surface area contributed by atoms with Gasteiger partial charge in [0.25, 0.3) is 11.4 Å². The van der Waals surface area contributed by atoms with Gasteiger partial charge < -0.3 is 0 Å². The van der Waals surface area contributed by atoms with Crippen LogP contribution in [0.5, 0.6) is 0 Å². The molecule has 9 nitrogen and oxygen atoms in total. The molecule has 2 aromatic carbocycles. The van der Waals surface area contributed by atoms with E-state index in [1.807, 2.05) is 6.07 Å². The Labute approximate surface area is 161 Å². The maximum atomic E-state index is 12.6. The molecule has 0 N–H and O–H groups in total. The summed E-state index contributed by atoms with van der Waals surface area (Å²) in [5.41, 5.74) is 0.818. The van der Waals surface area contributed by atoms with Gasteiger partial charge in [0.2, 0.25) is 0 Å². The Hall–Kier alpha value is -3.97. The van der Waals surface area contributed by atoms with Gasteiger partial charge in [0, 0.05) is 40.8 Å². The number of Topliss-reactive ketones (excluding diaryl/α,β-unsaturated/α-hetero) is 1. The standard InChI is InChI=1S/C18H10N4O5S/c19-9-15(17(23)11-4-6-13(7-5-11)21(24)25)18-20-16(10-28-18)12-2-1-3-14(8-12)22(26)27/h1-8,10,15H. The van der Waals surface area contributed by atoms with Crippen LogP contribution in [-0.2, 0) is 0 Å². The molecule has 0 radical (unpaired) electrons. The Morgan fingerprint density at radius 2 is 1.75 bits per heavy atom. The van der Waals surface area contributed by atoms with Gasteiger partial charge in [-0.2, -0.15) is 5.26 Å². The first kappa shape index (κ1) is 18.8. The van der Waals surface area contributed by atoms with E-state index in [9.17, 15) is 30.3 Å². The zero-order valence-corrected chi connectivity index (χ0v) is 14.8.